The maximum Gasteiger partial charge on any atom is 0.229 e. The highest BCUT2D eigenvalue weighted by Crippen LogP contribution is 2.36. The summed E-state index contributed by atoms with van der Waals surface area (Å²) in [5.41, 5.74) is 6.07. The van der Waals surface area contributed by atoms with Crippen molar-refractivity contribution in [3.63, 3.8) is 0 Å². The number of hydrogen-bond donors (Lipinski definition) is 1. The second kappa shape index (κ2) is 7.10. The van der Waals surface area contributed by atoms with Crippen molar-refractivity contribution in [1.82, 2.24) is 10.1 Å². The molecule has 1 aromatic rings. The molecule has 0 amide bonds. The molecule has 0 radical (unpaired) electrons. The Morgan fingerprint density at radius 3 is 2.52 bits per heavy atom. The van der Waals surface area contributed by atoms with Crippen LogP contribution in [0.2, 0.25) is 0 Å². The van der Waals surface area contributed by atoms with E-state index in [4.69, 9.17) is 10.3 Å². The number of aromatic nitrogens is 2. The van der Waals surface area contributed by atoms with Crippen molar-refractivity contribution in [2.75, 3.05) is 0 Å². The molecule has 120 valence electrons. The van der Waals surface area contributed by atoms with E-state index in [0.29, 0.717) is 5.92 Å². The number of nitrogens with two attached hydrogens (primary N) is 1. The Bertz CT molecular complexity index is 436. The Hall–Kier alpha value is -0.610. The molecule has 1 heterocycles. The van der Waals surface area contributed by atoms with Crippen LogP contribution in [0.1, 0.15) is 88.8 Å². The Kier molecular flexibility index (Phi) is 5.67. The Labute approximate surface area is 133 Å². The molecular weight excluding hydrogens is 286 g/mol. The molecule has 0 aromatic carbocycles. The molecule has 2 saturated carbocycles. The molecule has 1 atom stereocenters. The largest absolute Gasteiger partial charge is 0.339 e. The van der Waals surface area contributed by atoms with Crippen LogP contribution in [0.15, 0.2) is 4.52 Å². The fourth-order valence-electron chi connectivity index (χ4n) is 3.89. The van der Waals surface area contributed by atoms with Gasteiger partial charge >= 0.3 is 0 Å². The first-order chi connectivity index (χ1) is 9.67. The van der Waals surface area contributed by atoms with E-state index in [1.54, 1.807) is 0 Å². The van der Waals surface area contributed by atoms with Gasteiger partial charge in [0.1, 0.15) is 0 Å². The van der Waals surface area contributed by atoms with Crippen LogP contribution in [0.4, 0.5) is 0 Å². The van der Waals surface area contributed by atoms with Gasteiger partial charge in [-0.25, -0.2) is 0 Å². The summed E-state index contributed by atoms with van der Waals surface area (Å²) in [5, 5.41) is 4.17. The SMILES string of the molecule is CC(CC1CCCCC1)c1nc(C2(N)CCCC2)no1.Cl. The van der Waals surface area contributed by atoms with Crippen LogP contribution in [0, 0.1) is 5.92 Å². The average Bonchev–Trinajstić information content (AvgIpc) is 3.09. The molecule has 3 rings (SSSR count). The van der Waals surface area contributed by atoms with E-state index in [1.165, 1.54) is 51.4 Å². The zero-order valence-electron chi connectivity index (χ0n) is 13.0. The molecule has 1 unspecified atom stereocenters. The number of rotatable bonds is 4. The van der Waals surface area contributed by atoms with Gasteiger partial charge in [0, 0.05) is 5.92 Å². The van der Waals surface area contributed by atoms with Crippen LogP contribution in [-0.2, 0) is 5.54 Å². The highest BCUT2D eigenvalue weighted by molar-refractivity contribution is 5.85. The fraction of sp³-hybridized carbons (Fsp3) is 0.875. The van der Waals surface area contributed by atoms with Crippen LogP contribution < -0.4 is 5.73 Å². The quantitative estimate of drug-likeness (QED) is 0.900. The first-order valence-electron chi connectivity index (χ1n) is 8.30. The summed E-state index contributed by atoms with van der Waals surface area (Å²) in [6, 6.07) is 0. The first kappa shape index (κ1) is 16.8. The van der Waals surface area contributed by atoms with Crippen LogP contribution in [0.5, 0.6) is 0 Å². The van der Waals surface area contributed by atoms with Crippen molar-refractivity contribution in [2.45, 2.75) is 82.6 Å². The summed E-state index contributed by atoms with van der Waals surface area (Å²) in [6.07, 6.45) is 12.4. The normalized spacial score (nSPS) is 23.7. The van der Waals surface area contributed by atoms with Gasteiger partial charge in [-0.1, -0.05) is 57.0 Å². The van der Waals surface area contributed by atoms with Gasteiger partial charge in [-0.05, 0) is 25.2 Å². The van der Waals surface area contributed by atoms with Crippen LogP contribution in [-0.4, -0.2) is 10.1 Å². The third-order valence-electron chi connectivity index (χ3n) is 5.22. The van der Waals surface area contributed by atoms with Crippen LogP contribution in [0.3, 0.4) is 0 Å². The van der Waals surface area contributed by atoms with Gasteiger partial charge in [-0.3, -0.25) is 0 Å². The van der Waals surface area contributed by atoms with E-state index < -0.39 is 0 Å². The van der Waals surface area contributed by atoms with E-state index in [-0.39, 0.29) is 17.9 Å². The smallest absolute Gasteiger partial charge is 0.229 e. The van der Waals surface area contributed by atoms with E-state index >= 15 is 0 Å². The van der Waals surface area contributed by atoms with E-state index in [0.717, 1.165) is 30.5 Å². The third kappa shape index (κ3) is 3.78. The predicted molar refractivity (Wildman–Crippen MR) is 85.5 cm³/mol. The second-order valence-electron chi connectivity index (χ2n) is 6.96. The lowest BCUT2D eigenvalue weighted by atomic mass is 9.83. The van der Waals surface area contributed by atoms with Crippen molar-refractivity contribution in [1.29, 1.82) is 0 Å². The third-order valence-corrected chi connectivity index (χ3v) is 5.22. The molecule has 2 N–H and O–H groups in total. The van der Waals surface area contributed by atoms with Crippen molar-refractivity contribution >= 4 is 12.4 Å². The molecule has 0 saturated heterocycles. The summed E-state index contributed by atoms with van der Waals surface area (Å²) in [4.78, 5) is 4.63. The lowest BCUT2D eigenvalue weighted by molar-refractivity contribution is 0.286. The second-order valence-corrected chi connectivity index (χ2v) is 6.96. The maximum absolute atomic E-state index is 6.39. The average molecular weight is 314 g/mol. The topological polar surface area (TPSA) is 64.9 Å². The zero-order valence-corrected chi connectivity index (χ0v) is 13.8. The van der Waals surface area contributed by atoms with Crippen molar-refractivity contribution in [3.05, 3.63) is 11.7 Å². The van der Waals surface area contributed by atoms with Crippen molar-refractivity contribution < 1.29 is 4.52 Å². The molecule has 0 spiro atoms. The van der Waals surface area contributed by atoms with Crippen molar-refractivity contribution in [2.24, 2.45) is 11.7 Å². The number of halogens is 1. The maximum atomic E-state index is 6.39. The molecule has 2 aliphatic rings. The highest BCUT2D eigenvalue weighted by Gasteiger charge is 2.36. The molecule has 0 aliphatic heterocycles. The number of hydrogen-bond acceptors (Lipinski definition) is 4. The van der Waals surface area contributed by atoms with Gasteiger partial charge in [0.15, 0.2) is 5.82 Å². The van der Waals surface area contributed by atoms with Crippen molar-refractivity contribution in [3.8, 4) is 0 Å². The molecule has 0 bridgehead atoms. The standard InChI is InChI=1S/C16H27N3O.ClH/c1-12(11-13-7-3-2-4-8-13)14-18-15(19-20-14)16(17)9-5-6-10-16;/h12-13H,2-11,17H2,1H3;1H. The molecular formula is C16H28ClN3O. The molecule has 1 aromatic heterocycles. The zero-order chi connectivity index (χ0) is 14.0. The summed E-state index contributed by atoms with van der Waals surface area (Å²) >= 11 is 0. The minimum atomic E-state index is -0.327. The van der Waals surface area contributed by atoms with Gasteiger partial charge < -0.3 is 10.3 Å². The molecule has 5 heteroatoms. The summed E-state index contributed by atoms with van der Waals surface area (Å²) < 4.78 is 5.50. The van der Waals surface area contributed by atoms with Gasteiger partial charge in [0.25, 0.3) is 0 Å². The van der Waals surface area contributed by atoms with E-state index in [9.17, 15) is 0 Å². The molecule has 2 fully saturated rings. The Morgan fingerprint density at radius 2 is 1.86 bits per heavy atom. The lowest BCUT2D eigenvalue weighted by Gasteiger charge is -2.23. The Balaban J connectivity index is 0.00000161. The highest BCUT2D eigenvalue weighted by atomic mass is 35.5. The van der Waals surface area contributed by atoms with Gasteiger partial charge in [-0.2, -0.15) is 4.98 Å². The summed E-state index contributed by atoms with van der Waals surface area (Å²) in [5.74, 6) is 2.74. The summed E-state index contributed by atoms with van der Waals surface area (Å²) in [6.45, 7) is 2.21. The fourth-order valence-corrected chi connectivity index (χ4v) is 3.89. The van der Waals surface area contributed by atoms with Gasteiger partial charge in [0.2, 0.25) is 5.89 Å². The first-order valence-corrected chi connectivity index (χ1v) is 8.30. The van der Waals surface area contributed by atoms with E-state index in [1.807, 2.05) is 0 Å². The summed E-state index contributed by atoms with van der Waals surface area (Å²) in [7, 11) is 0. The predicted octanol–water partition coefficient (Wildman–Crippen LogP) is 4.29. The lowest BCUT2D eigenvalue weighted by Crippen LogP contribution is -2.34. The van der Waals surface area contributed by atoms with Gasteiger partial charge in [0.05, 0.1) is 5.54 Å². The Morgan fingerprint density at radius 1 is 1.19 bits per heavy atom. The van der Waals surface area contributed by atoms with E-state index in [2.05, 4.69) is 17.1 Å². The molecule has 4 nitrogen and oxygen atoms in total. The molecule has 21 heavy (non-hydrogen) atoms. The molecule has 2 aliphatic carbocycles. The van der Waals surface area contributed by atoms with Gasteiger partial charge in [-0.15, -0.1) is 12.4 Å². The number of nitrogens with zero attached hydrogens (tertiary/aromatic N) is 2. The van der Waals surface area contributed by atoms with Crippen LogP contribution >= 0.6 is 12.4 Å². The van der Waals surface area contributed by atoms with Crippen LogP contribution in [0.25, 0.3) is 0 Å². The minimum absolute atomic E-state index is 0. The monoisotopic (exact) mass is 313 g/mol. The minimum Gasteiger partial charge on any atom is -0.339 e.